The lowest BCUT2D eigenvalue weighted by Gasteiger charge is -2.00. The lowest BCUT2D eigenvalue weighted by Crippen LogP contribution is -1.92. The van der Waals surface area contributed by atoms with Crippen LogP contribution >= 0.6 is 11.3 Å². The Morgan fingerprint density at radius 3 is 2.86 bits per heavy atom. The number of rotatable bonds is 5. The van der Waals surface area contributed by atoms with Gasteiger partial charge in [-0.15, -0.1) is 11.3 Å². The first kappa shape index (κ1) is 13.9. The van der Waals surface area contributed by atoms with E-state index in [1.54, 1.807) is 11.3 Å². The van der Waals surface area contributed by atoms with Gasteiger partial charge in [0, 0.05) is 12.1 Å². The summed E-state index contributed by atoms with van der Waals surface area (Å²) >= 11 is 1.74. The van der Waals surface area contributed by atoms with Gasteiger partial charge < -0.3 is 10.5 Å². The number of anilines is 1. The van der Waals surface area contributed by atoms with Crippen molar-refractivity contribution in [2.45, 2.75) is 19.8 Å². The fourth-order valence-corrected chi connectivity index (χ4v) is 3.31. The minimum atomic E-state index is 0.687. The van der Waals surface area contributed by atoms with Gasteiger partial charge in [0.2, 0.25) is 0 Å². The number of ether oxygens (including phenoxy) is 1. The van der Waals surface area contributed by atoms with E-state index in [1.165, 1.54) is 10.3 Å². The maximum absolute atomic E-state index is 5.81. The maximum atomic E-state index is 5.81. The fourth-order valence-electron chi connectivity index (χ4n) is 2.32. The molecule has 0 spiro atoms. The van der Waals surface area contributed by atoms with E-state index in [2.05, 4.69) is 17.1 Å². The van der Waals surface area contributed by atoms with E-state index < -0.39 is 0 Å². The van der Waals surface area contributed by atoms with E-state index in [4.69, 9.17) is 10.5 Å². The Kier molecular flexibility index (Phi) is 4.06. The molecular weight excluding hydrogens is 280 g/mol. The molecule has 0 unspecified atom stereocenters. The Labute approximate surface area is 128 Å². The van der Waals surface area contributed by atoms with E-state index in [1.807, 2.05) is 37.3 Å². The Morgan fingerprint density at radius 1 is 1.14 bits per heavy atom. The van der Waals surface area contributed by atoms with E-state index >= 15 is 0 Å². The van der Waals surface area contributed by atoms with Crippen molar-refractivity contribution in [2.24, 2.45) is 0 Å². The number of nitrogen functional groups attached to an aromatic ring is 1. The van der Waals surface area contributed by atoms with Crippen molar-refractivity contribution in [2.75, 3.05) is 12.3 Å². The summed E-state index contributed by atoms with van der Waals surface area (Å²) in [5.41, 5.74) is 8.93. The van der Waals surface area contributed by atoms with Gasteiger partial charge in [-0.1, -0.05) is 12.1 Å². The van der Waals surface area contributed by atoms with Crippen LogP contribution < -0.4 is 10.5 Å². The highest BCUT2D eigenvalue weighted by Gasteiger charge is 2.06. The summed E-state index contributed by atoms with van der Waals surface area (Å²) < 4.78 is 6.71. The third-order valence-corrected chi connectivity index (χ3v) is 4.37. The summed E-state index contributed by atoms with van der Waals surface area (Å²) in [6.45, 7) is 2.68. The molecule has 0 saturated heterocycles. The zero-order valence-electron chi connectivity index (χ0n) is 12.0. The molecule has 1 heterocycles. The van der Waals surface area contributed by atoms with Crippen molar-refractivity contribution in [3.8, 4) is 5.75 Å². The van der Waals surface area contributed by atoms with Crippen molar-refractivity contribution in [3.63, 3.8) is 0 Å². The molecule has 0 aliphatic rings. The van der Waals surface area contributed by atoms with Crippen LogP contribution in [0.25, 0.3) is 10.2 Å². The Bertz CT molecular complexity index is 751. The molecule has 2 N–H and O–H groups in total. The van der Waals surface area contributed by atoms with E-state index in [0.29, 0.717) is 6.61 Å². The monoisotopic (exact) mass is 298 g/mol. The second-order valence-corrected chi connectivity index (χ2v) is 6.03. The molecule has 3 nitrogen and oxygen atoms in total. The molecule has 2 aromatic carbocycles. The van der Waals surface area contributed by atoms with Crippen LogP contribution in [0.15, 0.2) is 42.5 Å². The lowest BCUT2D eigenvalue weighted by atomic mass is 10.1. The van der Waals surface area contributed by atoms with Crippen LogP contribution in [0.2, 0.25) is 0 Å². The molecule has 3 rings (SSSR count). The fraction of sp³-hybridized carbons (Fsp3) is 0.235. The summed E-state index contributed by atoms with van der Waals surface area (Å²) in [5, 5.41) is 1.15. The van der Waals surface area contributed by atoms with Crippen molar-refractivity contribution in [1.29, 1.82) is 0 Å². The normalized spacial score (nSPS) is 10.9. The smallest absolute Gasteiger partial charge is 0.120 e. The highest BCUT2D eigenvalue weighted by molar-refractivity contribution is 7.18. The number of fused-ring (bicyclic) bond motifs is 1. The van der Waals surface area contributed by atoms with E-state index in [0.717, 1.165) is 34.8 Å². The van der Waals surface area contributed by atoms with Crippen molar-refractivity contribution in [1.82, 2.24) is 4.98 Å². The van der Waals surface area contributed by atoms with Crippen LogP contribution in [-0.2, 0) is 12.8 Å². The molecule has 0 saturated carbocycles. The third kappa shape index (κ3) is 3.34. The lowest BCUT2D eigenvalue weighted by molar-refractivity contribution is 0.341. The van der Waals surface area contributed by atoms with Gasteiger partial charge in [0.1, 0.15) is 5.75 Å². The first-order chi connectivity index (χ1) is 10.2. The molecular formula is C17H18N2OS. The minimum Gasteiger partial charge on any atom is -0.494 e. The van der Waals surface area contributed by atoms with Crippen LogP contribution in [0.1, 0.15) is 17.5 Å². The molecule has 0 bridgehead atoms. The number of thiazole rings is 1. The summed E-state index contributed by atoms with van der Waals surface area (Å²) in [6, 6.07) is 14.1. The third-order valence-electron chi connectivity index (χ3n) is 3.29. The quantitative estimate of drug-likeness (QED) is 0.723. The molecule has 0 aliphatic carbocycles. The largest absolute Gasteiger partial charge is 0.494 e. The highest BCUT2D eigenvalue weighted by atomic mass is 32.1. The molecule has 1 aromatic heterocycles. The standard InChI is InChI=1S/C17H18N2OS/c1-2-20-14-7-8-15-16(11-14)21-17(19-15)9-6-12-4-3-5-13(18)10-12/h3-5,7-8,10-11H,2,6,9,18H2,1H3. The number of nitrogens with two attached hydrogens (primary N) is 1. The van der Waals surface area contributed by atoms with Gasteiger partial charge in [-0.25, -0.2) is 4.98 Å². The number of hydrogen-bond donors (Lipinski definition) is 1. The maximum Gasteiger partial charge on any atom is 0.120 e. The average molecular weight is 298 g/mol. The first-order valence-corrected chi connectivity index (χ1v) is 7.93. The van der Waals surface area contributed by atoms with E-state index in [-0.39, 0.29) is 0 Å². The molecule has 0 atom stereocenters. The van der Waals surface area contributed by atoms with Crippen LogP contribution in [-0.4, -0.2) is 11.6 Å². The first-order valence-electron chi connectivity index (χ1n) is 7.11. The number of nitrogens with zero attached hydrogens (tertiary/aromatic N) is 1. The molecule has 4 heteroatoms. The predicted molar refractivity (Wildman–Crippen MR) is 89.1 cm³/mol. The Morgan fingerprint density at radius 2 is 2.05 bits per heavy atom. The number of hydrogen-bond acceptors (Lipinski definition) is 4. The van der Waals surface area contributed by atoms with Gasteiger partial charge >= 0.3 is 0 Å². The van der Waals surface area contributed by atoms with Gasteiger partial charge in [0.05, 0.1) is 21.8 Å². The van der Waals surface area contributed by atoms with Crippen LogP contribution in [0.4, 0.5) is 5.69 Å². The summed E-state index contributed by atoms with van der Waals surface area (Å²) in [7, 11) is 0. The van der Waals surface area contributed by atoms with Crippen molar-refractivity contribution >= 4 is 27.2 Å². The second-order valence-electron chi connectivity index (χ2n) is 4.92. The summed E-state index contributed by atoms with van der Waals surface area (Å²) in [4.78, 5) is 4.68. The SMILES string of the molecule is CCOc1ccc2nc(CCc3cccc(N)c3)sc2c1. The number of benzene rings is 2. The molecule has 21 heavy (non-hydrogen) atoms. The van der Waals surface area contributed by atoms with Gasteiger partial charge in [0.15, 0.2) is 0 Å². The van der Waals surface area contributed by atoms with Gasteiger partial charge in [-0.05, 0) is 49.2 Å². The average Bonchev–Trinajstić information content (AvgIpc) is 2.88. The minimum absolute atomic E-state index is 0.687. The Hall–Kier alpha value is -2.07. The number of aryl methyl sites for hydroxylation is 2. The molecule has 108 valence electrons. The predicted octanol–water partition coefficient (Wildman–Crippen LogP) is 4.06. The van der Waals surface area contributed by atoms with Crippen LogP contribution in [0, 0.1) is 0 Å². The molecule has 0 radical (unpaired) electrons. The number of aromatic nitrogens is 1. The molecule has 0 amide bonds. The van der Waals surface area contributed by atoms with Crippen LogP contribution in [0.3, 0.4) is 0 Å². The second kappa shape index (κ2) is 6.14. The topological polar surface area (TPSA) is 48.1 Å². The van der Waals surface area contributed by atoms with E-state index in [9.17, 15) is 0 Å². The summed E-state index contributed by atoms with van der Waals surface area (Å²) in [6.07, 6.45) is 1.90. The highest BCUT2D eigenvalue weighted by Crippen LogP contribution is 2.27. The van der Waals surface area contributed by atoms with Gasteiger partial charge in [0.25, 0.3) is 0 Å². The van der Waals surface area contributed by atoms with Crippen molar-refractivity contribution in [3.05, 3.63) is 53.0 Å². The molecule has 0 fully saturated rings. The summed E-state index contributed by atoms with van der Waals surface area (Å²) in [5.74, 6) is 0.913. The van der Waals surface area contributed by atoms with Crippen LogP contribution in [0.5, 0.6) is 5.75 Å². The Balaban J connectivity index is 1.75. The molecule has 0 aliphatic heterocycles. The molecule has 3 aromatic rings. The van der Waals surface area contributed by atoms with Crippen molar-refractivity contribution < 1.29 is 4.74 Å². The van der Waals surface area contributed by atoms with Gasteiger partial charge in [-0.2, -0.15) is 0 Å². The zero-order chi connectivity index (χ0) is 14.7. The zero-order valence-corrected chi connectivity index (χ0v) is 12.8. The van der Waals surface area contributed by atoms with Gasteiger partial charge in [-0.3, -0.25) is 0 Å².